The minimum atomic E-state index is -0.501. The zero-order chi connectivity index (χ0) is 26.6. The standard InChI is InChI=1S/C30H33N7O2/c38-28-26(27(29(28)39)33-23-12-10-22(11-13-23)21-8-2-1-3-9-21)32-15-14-31-24-20-25(36-16-4-5-17-36)35-30(34-24)37-18-6-7-19-37/h1-3,8-13,20,32-33H,4-7,14-19H2,(H,31,34,35). The minimum Gasteiger partial charge on any atom is -0.378 e. The number of aromatic nitrogens is 2. The lowest BCUT2D eigenvalue weighted by molar-refractivity contribution is 0.870. The van der Waals surface area contributed by atoms with Gasteiger partial charge in [-0.3, -0.25) is 9.59 Å². The molecule has 39 heavy (non-hydrogen) atoms. The second-order valence-corrected chi connectivity index (χ2v) is 10.1. The van der Waals surface area contributed by atoms with Gasteiger partial charge < -0.3 is 25.8 Å². The van der Waals surface area contributed by atoms with Gasteiger partial charge in [0.1, 0.15) is 23.0 Å². The highest BCUT2D eigenvalue weighted by Gasteiger charge is 2.22. The highest BCUT2D eigenvalue weighted by Crippen LogP contribution is 2.26. The number of hydrogen-bond acceptors (Lipinski definition) is 9. The molecule has 1 aromatic heterocycles. The SMILES string of the molecule is O=c1c(NCCNc2cc(N3CCCC3)nc(N3CCCC3)n2)c(Nc2ccc(-c3ccccc3)cc2)c1=O. The zero-order valence-electron chi connectivity index (χ0n) is 21.9. The molecule has 3 heterocycles. The van der Waals surface area contributed by atoms with E-state index in [4.69, 9.17) is 9.97 Å². The van der Waals surface area contributed by atoms with E-state index in [0.29, 0.717) is 24.5 Å². The van der Waals surface area contributed by atoms with Gasteiger partial charge in [0.15, 0.2) is 0 Å². The van der Waals surface area contributed by atoms with E-state index in [1.807, 2.05) is 48.5 Å². The molecule has 9 nitrogen and oxygen atoms in total. The van der Waals surface area contributed by atoms with Crippen molar-refractivity contribution in [3.8, 4) is 11.1 Å². The van der Waals surface area contributed by atoms with Crippen LogP contribution in [0.2, 0.25) is 0 Å². The summed E-state index contributed by atoms with van der Waals surface area (Å²) in [6.07, 6.45) is 4.70. The summed E-state index contributed by atoms with van der Waals surface area (Å²) in [6.45, 7) is 5.02. The van der Waals surface area contributed by atoms with E-state index in [2.05, 4.69) is 37.9 Å². The average molecular weight is 524 g/mol. The number of nitrogens with one attached hydrogen (secondary N) is 3. The van der Waals surface area contributed by atoms with Crippen LogP contribution >= 0.6 is 0 Å². The smallest absolute Gasteiger partial charge is 0.253 e. The normalized spacial score (nSPS) is 15.2. The molecule has 3 N–H and O–H groups in total. The fraction of sp³-hybridized carbons (Fsp3) is 0.333. The molecule has 6 rings (SSSR count). The molecule has 0 radical (unpaired) electrons. The summed E-state index contributed by atoms with van der Waals surface area (Å²) in [5, 5.41) is 9.64. The van der Waals surface area contributed by atoms with Crippen LogP contribution in [0.3, 0.4) is 0 Å². The molecule has 0 amide bonds. The van der Waals surface area contributed by atoms with Crippen molar-refractivity contribution in [2.45, 2.75) is 25.7 Å². The number of benzene rings is 2. The molecule has 200 valence electrons. The van der Waals surface area contributed by atoms with Gasteiger partial charge in [-0.2, -0.15) is 9.97 Å². The molecule has 4 aromatic rings. The lowest BCUT2D eigenvalue weighted by atomic mass is 10.1. The number of nitrogens with zero attached hydrogens (tertiary/aromatic N) is 4. The molecule has 2 fully saturated rings. The topological polar surface area (TPSA) is 102 Å². The van der Waals surface area contributed by atoms with Crippen LogP contribution in [-0.2, 0) is 0 Å². The van der Waals surface area contributed by atoms with Gasteiger partial charge in [0, 0.05) is 51.0 Å². The van der Waals surface area contributed by atoms with Crippen molar-refractivity contribution in [1.29, 1.82) is 0 Å². The Morgan fingerprint density at radius 1 is 0.667 bits per heavy atom. The molecule has 3 aromatic carbocycles. The monoisotopic (exact) mass is 523 g/mol. The van der Waals surface area contributed by atoms with Crippen molar-refractivity contribution in [1.82, 2.24) is 9.97 Å². The molecule has 0 atom stereocenters. The first-order valence-electron chi connectivity index (χ1n) is 13.8. The number of hydrogen-bond donors (Lipinski definition) is 3. The summed E-state index contributed by atoms with van der Waals surface area (Å²) in [5.41, 5.74) is 2.60. The van der Waals surface area contributed by atoms with Gasteiger partial charge in [-0.15, -0.1) is 0 Å². The van der Waals surface area contributed by atoms with Gasteiger partial charge in [0.2, 0.25) is 5.95 Å². The van der Waals surface area contributed by atoms with Crippen LogP contribution in [0.15, 0.2) is 70.3 Å². The van der Waals surface area contributed by atoms with Crippen LogP contribution in [-0.4, -0.2) is 49.2 Å². The van der Waals surface area contributed by atoms with Crippen LogP contribution < -0.4 is 36.6 Å². The lowest BCUT2D eigenvalue weighted by Gasteiger charge is -2.22. The van der Waals surface area contributed by atoms with E-state index in [1.54, 1.807) is 0 Å². The lowest BCUT2D eigenvalue weighted by Crippen LogP contribution is -2.37. The van der Waals surface area contributed by atoms with Crippen molar-refractivity contribution < 1.29 is 0 Å². The Hall–Kier alpha value is -4.40. The van der Waals surface area contributed by atoms with E-state index in [0.717, 1.165) is 60.6 Å². The largest absolute Gasteiger partial charge is 0.378 e. The average Bonchev–Trinajstić information content (AvgIpc) is 3.72. The zero-order valence-corrected chi connectivity index (χ0v) is 21.9. The maximum Gasteiger partial charge on any atom is 0.253 e. The molecule has 9 heteroatoms. The third kappa shape index (κ3) is 5.43. The van der Waals surface area contributed by atoms with Crippen LogP contribution in [0.1, 0.15) is 25.7 Å². The first-order valence-corrected chi connectivity index (χ1v) is 13.8. The maximum atomic E-state index is 12.3. The van der Waals surface area contributed by atoms with Gasteiger partial charge in [0.05, 0.1) is 0 Å². The third-order valence-corrected chi connectivity index (χ3v) is 7.42. The quantitative estimate of drug-likeness (QED) is 0.208. The second-order valence-electron chi connectivity index (χ2n) is 10.1. The van der Waals surface area contributed by atoms with Gasteiger partial charge in [-0.1, -0.05) is 42.5 Å². The minimum absolute atomic E-state index is 0.308. The van der Waals surface area contributed by atoms with Crippen LogP contribution in [0.5, 0.6) is 0 Å². The van der Waals surface area contributed by atoms with Crippen molar-refractivity contribution >= 4 is 34.6 Å². The van der Waals surface area contributed by atoms with E-state index < -0.39 is 10.9 Å². The summed E-state index contributed by atoms with van der Waals surface area (Å²) in [6, 6.07) is 19.9. The Morgan fingerprint density at radius 3 is 2.00 bits per heavy atom. The Bertz CT molecular complexity index is 1450. The number of anilines is 6. The predicted molar refractivity (Wildman–Crippen MR) is 158 cm³/mol. The van der Waals surface area contributed by atoms with Crippen LogP contribution in [0.25, 0.3) is 11.1 Å². The van der Waals surface area contributed by atoms with Gasteiger partial charge in [0.25, 0.3) is 10.9 Å². The van der Waals surface area contributed by atoms with Gasteiger partial charge in [-0.25, -0.2) is 0 Å². The summed E-state index contributed by atoms with van der Waals surface area (Å²) in [4.78, 5) is 38.8. The van der Waals surface area contributed by atoms with Crippen molar-refractivity contribution in [2.75, 3.05) is 65.0 Å². The summed E-state index contributed by atoms with van der Waals surface area (Å²) in [7, 11) is 0. The molecule has 2 aliphatic rings. The molecule has 0 saturated carbocycles. The molecule has 2 saturated heterocycles. The highest BCUT2D eigenvalue weighted by atomic mass is 16.2. The fourth-order valence-electron chi connectivity index (χ4n) is 5.26. The Kier molecular flexibility index (Phi) is 7.12. The van der Waals surface area contributed by atoms with Gasteiger partial charge in [-0.05, 0) is 48.9 Å². The Morgan fingerprint density at radius 2 is 1.28 bits per heavy atom. The molecule has 0 spiro atoms. The molecule has 0 aliphatic carbocycles. The van der Waals surface area contributed by atoms with E-state index in [1.165, 1.54) is 25.7 Å². The van der Waals surface area contributed by atoms with Crippen molar-refractivity contribution in [3.05, 3.63) is 81.1 Å². The van der Waals surface area contributed by atoms with Crippen molar-refractivity contribution in [3.63, 3.8) is 0 Å². The van der Waals surface area contributed by atoms with Crippen LogP contribution in [0, 0.1) is 0 Å². The summed E-state index contributed by atoms with van der Waals surface area (Å²) < 4.78 is 0. The first kappa shape index (κ1) is 24.9. The number of rotatable bonds is 10. The van der Waals surface area contributed by atoms with E-state index >= 15 is 0 Å². The highest BCUT2D eigenvalue weighted by molar-refractivity contribution is 5.79. The van der Waals surface area contributed by atoms with E-state index in [-0.39, 0.29) is 0 Å². The molecule has 0 unspecified atom stereocenters. The molecule has 2 aliphatic heterocycles. The van der Waals surface area contributed by atoms with Crippen LogP contribution in [0.4, 0.5) is 34.6 Å². The fourth-order valence-corrected chi connectivity index (χ4v) is 5.26. The van der Waals surface area contributed by atoms with Crippen molar-refractivity contribution in [2.24, 2.45) is 0 Å². The molecule has 0 bridgehead atoms. The third-order valence-electron chi connectivity index (χ3n) is 7.42. The Labute approximate surface area is 227 Å². The Balaban J connectivity index is 1.08. The first-order chi connectivity index (χ1) is 19.2. The predicted octanol–water partition coefficient (Wildman–Crippen LogP) is 4.21. The molecular weight excluding hydrogens is 490 g/mol. The molecular formula is C30H33N7O2. The maximum absolute atomic E-state index is 12.3. The summed E-state index contributed by atoms with van der Waals surface area (Å²) in [5.74, 6) is 2.52. The summed E-state index contributed by atoms with van der Waals surface area (Å²) >= 11 is 0. The van der Waals surface area contributed by atoms with Gasteiger partial charge >= 0.3 is 0 Å². The second kappa shape index (κ2) is 11.1. The van der Waals surface area contributed by atoms with E-state index in [9.17, 15) is 9.59 Å².